The van der Waals surface area contributed by atoms with E-state index in [0.717, 1.165) is 23.5 Å². The van der Waals surface area contributed by atoms with Crippen molar-refractivity contribution >= 4 is 22.9 Å². The monoisotopic (exact) mass is 411 g/mol. The second kappa shape index (κ2) is 8.13. The third kappa shape index (κ3) is 3.60. The summed E-state index contributed by atoms with van der Waals surface area (Å²) < 4.78 is 4.16. The van der Waals surface area contributed by atoms with Crippen LogP contribution in [-0.2, 0) is 25.4 Å². The first-order valence-electron chi connectivity index (χ1n) is 10.0. The molecule has 1 aliphatic heterocycles. The predicted molar refractivity (Wildman–Crippen MR) is 112 cm³/mol. The lowest BCUT2D eigenvalue weighted by Gasteiger charge is -2.35. The summed E-state index contributed by atoms with van der Waals surface area (Å²) >= 11 is 0. The number of hydrogen-bond acceptors (Lipinski definition) is 6. The molecule has 0 aromatic carbocycles. The van der Waals surface area contributed by atoms with Gasteiger partial charge in [-0.1, -0.05) is 6.07 Å². The van der Waals surface area contributed by atoms with E-state index >= 15 is 0 Å². The number of aryl methyl sites for hydroxylation is 2. The highest BCUT2D eigenvalue weighted by Gasteiger charge is 2.21. The van der Waals surface area contributed by atoms with Gasteiger partial charge in [-0.15, -0.1) is 0 Å². The first-order valence-corrected chi connectivity index (χ1v) is 10.0. The molecule has 10 heteroatoms. The molecule has 3 aromatic rings. The normalized spacial score (nSPS) is 14.5. The fourth-order valence-corrected chi connectivity index (χ4v) is 3.85. The molecule has 0 N–H and O–H groups in total. The zero-order valence-corrected chi connectivity index (χ0v) is 17.2. The molecule has 0 atom stereocenters. The number of aromatic nitrogens is 5. The average Bonchev–Trinajstić information content (AvgIpc) is 3.21. The van der Waals surface area contributed by atoms with E-state index in [1.165, 1.54) is 11.6 Å². The molecule has 3 aromatic heterocycles. The molecule has 0 aliphatic carbocycles. The van der Waals surface area contributed by atoms with Crippen LogP contribution in [0.2, 0.25) is 0 Å². The van der Waals surface area contributed by atoms with Gasteiger partial charge in [0.25, 0.3) is 5.56 Å². The molecule has 4 heterocycles. The molecule has 30 heavy (non-hydrogen) atoms. The number of imidazole rings is 1. The number of amides is 1. The topological polar surface area (TPSA) is 98.3 Å². The van der Waals surface area contributed by atoms with Gasteiger partial charge in [-0.05, 0) is 18.6 Å². The second-order valence-electron chi connectivity index (χ2n) is 7.48. The summed E-state index contributed by atoms with van der Waals surface area (Å²) in [5.41, 5.74) is -0.0311. The van der Waals surface area contributed by atoms with Gasteiger partial charge in [-0.3, -0.25) is 18.7 Å². The van der Waals surface area contributed by atoms with Crippen LogP contribution in [0.5, 0.6) is 0 Å². The number of piperazine rings is 1. The highest BCUT2D eigenvalue weighted by Crippen LogP contribution is 2.14. The van der Waals surface area contributed by atoms with Crippen molar-refractivity contribution in [3.8, 4) is 0 Å². The molecule has 0 bridgehead atoms. The van der Waals surface area contributed by atoms with Gasteiger partial charge in [0.2, 0.25) is 5.91 Å². The molecule has 0 saturated carbocycles. The molecule has 10 nitrogen and oxygen atoms in total. The number of hydrogen-bond donors (Lipinski definition) is 0. The molecule has 4 rings (SSSR count). The molecule has 1 saturated heterocycles. The van der Waals surface area contributed by atoms with Crippen molar-refractivity contribution in [2.24, 2.45) is 14.1 Å². The van der Waals surface area contributed by atoms with Crippen LogP contribution in [0.25, 0.3) is 11.2 Å². The van der Waals surface area contributed by atoms with Gasteiger partial charge in [0.05, 0.1) is 6.33 Å². The minimum Gasteiger partial charge on any atom is -0.353 e. The molecule has 0 unspecified atom stereocenters. The molecule has 0 spiro atoms. The second-order valence-corrected chi connectivity index (χ2v) is 7.48. The van der Waals surface area contributed by atoms with E-state index in [1.807, 2.05) is 23.1 Å². The van der Waals surface area contributed by atoms with Crippen LogP contribution < -0.4 is 16.1 Å². The van der Waals surface area contributed by atoms with Crippen molar-refractivity contribution in [1.82, 2.24) is 28.6 Å². The lowest BCUT2D eigenvalue weighted by atomic mass is 10.2. The van der Waals surface area contributed by atoms with E-state index in [2.05, 4.69) is 14.9 Å². The maximum Gasteiger partial charge on any atom is 0.332 e. The largest absolute Gasteiger partial charge is 0.353 e. The minimum absolute atomic E-state index is 0.111. The van der Waals surface area contributed by atoms with Crippen molar-refractivity contribution in [1.29, 1.82) is 0 Å². The summed E-state index contributed by atoms with van der Waals surface area (Å²) in [6, 6.07) is 5.83. The van der Waals surface area contributed by atoms with Gasteiger partial charge in [-0.2, -0.15) is 0 Å². The number of rotatable bonds is 5. The summed E-state index contributed by atoms with van der Waals surface area (Å²) in [5, 5.41) is 0. The highest BCUT2D eigenvalue weighted by atomic mass is 16.2. The van der Waals surface area contributed by atoms with Crippen molar-refractivity contribution in [3.63, 3.8) is 0 Å². The highest BCUT2D eigenvalue weighted by molar-refractivity contribution is 5.76. The Bertz CT molecular complexity index is 1170. The van der Waals surface area contributed by atoms with Gasteiger partial charge >= 0.3 is 5.69 Å². The Morgan fingerprint density at radius 2 is 1.80 bits per heavy atom. The number of carbonyl (C=O) groups excluding carboxylic acids is 1. The Morgan fingerprint density at radius 1 is 1.03 bits per heavy atom. The Labute approximate surface area is 173 Å². The van der Waals surface area contributed by atoms with Gasteiger partial charge in [0.1, 0.15) is 5.82 Å². The molecule has 1 aliphatic rings. The van der Waals surface area contributed by atoms with Crippen molar-refractivity contribution in [2.75, 3.05) is 31.1 Å². The summed E-state index contributed by atoms with van der Waals surface area (Å²) in [5.74, 6) is 1.05. The van der Waals surface area contributed by atoms with Crippen LogP contribution in [0.4, 0.5) is 5.82 Å². The molecule has 0 radical (unpaired) electrons. The van der Waals surface area contributed by atoms with Crippen LogP contribution in [0.3, 0.4) is 0 Å². The minimum atomic E-state index is -0.405. The first-order chi connectivity index (χ1) is 14.5. The van der Waals surface area contributed by atoms with Crippen molar-refractivity contribution in [2.45, 2.75) is 19.4 Å². The van der Waals surface area contributed by atoms with E-state index in [0.29, 0.717) is 43.6 Å². The molecular formula is C20H25N7O3. The van der Waals surface area contributed by atoms with Gasteiger partial charge in [0, 0.05) is 59.4 Å². The summed E-state index contributed by atoms with van der Waals surface area (Å²) in [7, 11) is 3.05. The standard InChI is InChI=1S/C20H25N7O3/c1-23-18-17(19(29)24(2)20(23)30)27(14-22-18)9-5-7-16(28)26-12-10-25(11-13-26)15-6-3-4-8-21-15/h3-4,6,8,14H,5,7,9-13H2,1-2H3. The molecular weight excluding hydrogens is 386 g/mol. The van der Waals surface area contributed by atoms with Gasteiger partial charge in [-0.25, -0.2) is 14.8 Å². The van der Waals surface area contributed by atoms with Crippen LogP contribution in [-0.4, -0.2) is 60.7 Å². The van der Waals surface area contributed by atoms with Crippen LogP contribution in [0, 0.1) is 0 Å². The Hall–Kier alpha value is -3.43. The predicted octanol–water partition coefficient (Wildman–Crippen LogP) is -0.0423. The summed E-state index contributed by atoms with van der Waals surface area (Å²) in [6.45, 7) is 3.36. The van der Waals surface area contributed by atoms with E-state index < -0.39 is 5.69 Å². The van der Waals surface area contributed by atoms with Crippen LogP contribution >= 0.6 is 0 Å². The van der Waals surface area contributed by atoms with E-state index in [4.69, 9.17) is 0 Å². The number of anilines is 1. The average molecular weight is 411 g/mol. The van der Waals surface area contributed by atoms with Crippen LogP contribution in [0.15, 0.2) is 40.3 Å². The number of carbonyl (C=O) groups is 1. The summed E-state index contributed by atoms with van der Waals surface area (Å²) in [6.07, 6.45) is 4.32. The fourth-order valence-electron chi connectivity index (χ4n) is 3.85. The quantitative estimate of drug-likeness (QED) is 0.584. The number of nitrogens with zero attached hydrogens (tertiary/aromatic N) is 7. The molecule has 158 valence electrons. The van der Waals surface area contributed by atoms with E-state index in [9.17, 15) is 14.4 Å². The Morgan fingerprint density at radius 3 is 2.50 bits per heavy atom. The van der Waals surface area contributed by atoms with Gasteiger partial charge in [0.15, 0.2) is 11.2 Å². The summed E-state index contributed by atoms with van der Waals surface area (Å²) in [4.78, 5) is 49.8. The zero-order valence-electron chi connectivity index (χ0n) is 17.2. The first kappa shape index (κ1) is 19.9. The third-order valence-corrected chi connectivity index (χ3v) is 5.61. The van der Waals surface area contributed by atoms with Crippen LogP contribution in [0.1, 0.15) is 12.8 Å². The number of fused-ring (bicyclic) bond motifs is 1. The zero-order chi connectivity index (χ0) is 21.3. The lowest BCUT2D eigenvalue weighted by Crippen LogP contribution is -2.49. The molecule has 1 fully saturated rings. The van der Waals surface area contributed by atoms with Crippen molar-refractivity contribution in [3.05, 3.63) is 51.6 Å². The maximum atomic E-state index is 12.6. The fraction of sp³-hybridized carbons (Fsp3) is 0.450. The van der Waals surface area contributed by atoms with Gasteiger partial charge < -0.3 is 14.4 Å². The van der Waals surface area contributed by atoms with E-state index in [1.54, 1.807) is 24.1 Å². The SMILES string of the molecule is Cn1c(=O)c2c(ncn2CCCC(=O)N2CCN(c3ccccn3)CC2)n(C)c1=O. The smallest absolute Gasteiger partial charge is 0.332 e. The Balaban J connectivity index is 1.35. The molecule has 1 amide bonds. The van der Waals surface area contributed by atoms with E-state index in [-0.39, 0.29) is 11.5 Å². The maximum absolute atomic E-state index is 12.6. The Kier molecular flexibility index (Phi) is 5.39. The number of pyridine rings is 1. The third-order valence-electron chi connectivity index (χ3n) is 5.61. The lowest BCUT2D eigenvalue weighted by molar-refractivity contribution is -0.131. The van der Waals surface area contributed by atoms with Crippen molar-refractivity contribution < 1.29 is 4.79 Å².